The van der Waals surface area contributed by atoms with Crippen molar-refractivity contribution in [2.75, 3.05) is 39.3 Å². The van der Waals surface area contributed by atoms with Crippen LogP contribution in [0.3, 0.4) is 0 Å². The van der Waals surface area contributed by atoms with E-state index in [9.17, 15) is 35.9 Å². The van der Waals surface area contributed by atoms with Gasteiger partial charge >= 0.3 is 18.3 Å². The van der Waals surface area contributed by atoms with E-state index >= 15 is 0 Å². The van der Waals surface area contributed by atoms with E-state index in [1.54, 1.807) is 11.0 Å². The lowest BCUT2D eigenvalue weighted by molar-refractivity contribution is -0.187. The molecule has 2 fully saturated rings. The molecule has 1 aromatic heterocycles. The van der Waals surface area contributed by atoms with Gasteiger partial charge in [-0.25, -0.2) is 0 Å². The van der Waals surface area contributed by atoms with E-state index in [0.29, 0.717) is 28.1 Å². The van der Waals surface area contributed by atoms with E-state index in [-0.39, 0.29) is 38.1 Å². The lowest BCUT2D eigenvalue weighted by Gasteiger charge is -2.48. The summed E-state index contributed by atoms with van der Waals surface area (Å²) in [6.07, 6.45) is -9.34. The number of likely N-dealkylation sites (tertiary alicyclic amines) is 1. The van der Waals surface area contributed by atoms with Gasteiger partial charge < -0.3 is 9.80 Å². The molecule has 0 bridgehead atoms. The molecule has 2 aromatic rings. The van der Waals surface area contributed by atoms with Gasteiger partial charge in [-0.1, -0.05) is 6.07 Å². The summed E-state index contributed by atoms with van der Waals surface area (Å²) in [5.74, 6) is -2.12. The molecule has 0 unspecified atom stereocenters. The zero-order valence-corrected chi connectivity index (χ0v) is 16.8. The summed E-state index contributed by atoms with van der Waals surface area (Å²) in [7, 11) is 0. The third kappa shape index (κ3) is 4.36. The first-order chi connectivity index (χ1) is 14.4. The fourth-order valence-electron chi connectivity index (χ4n) is 3.79. The number of hydrogen-bond donors (Lipinski definition) is 0. The lowest BCUT2D eigenvalue weighted by Crippen LogP contribution is -2.64. The average molecular weight is 465 g/mol. The van der Waals surface area contributed by atoms with Crippen LogP contribution in [0, 0.1) is 0 Å². The highest BCUT2D eigenvalue weighted by Gasteiger charge is 2.44. The topological polar surface area (TPSA) is 43.9 Å². The van der Waals surface area contributed by atoms with Gasteiger partial charge in [-0.2, -0.15) is 26.3 Å². The zero-order valence-electron chi connectivity index (χ0n) is 16.0. The number of fused-ring (bicyclic) bond motifs is 1. The normalized spacial score (nSPS) is 19.0. The SMILES string of the molecule is O=C(c1cc2ccc(C(F)(F)F)cc2s1)N1CC(N2CCN(C(=O)C(F)(F)F)CC2)C1. The number of thiophene rings is 1. The first-order valence-corrected chi connectivity index (χ1v) is 10.3. The third-order valence-electron chi connectivity index (χ3n) is 5.57. The van der Waals surface area contributed by atoms with Crippen LogP contribution in [0.15, 0.2) is 24.3 Å². The minimum absolute atomic E-state index is 0.0155. The Kier molecular flexibility index (Phi) is 5.41. The molecular weight excluding hydrogens is 448 g/mol. The van der Waals surface area contributed by atoms with Crippen molar-refractivity contribution in [2.45, 2.75) is 18.4 Å². The van der Waals surface area contributed by atoms with E-state index in [0.717, 1.165) is 28.4 Å². The third-order valence-corrected chi connectivity index (χ3v) is 6.65. The van der Waals surface area contributed by atoms with Gasteiger partial charge in [0.15, 0.2) is 0 Å². The molecule has 1 aromatic carbocycles. The van der Waals surface area contributed by atoms with Gasteiger partial charge in [-0.15, -0.1) is 11.3 Å². The summed E-state index contributed by atoms with van der Waals surface area (Å²) in [5, 5.41) is 0.559. The summed E-state index contributed by atoms with van der Waals surface area (Å²) in [6, 6.07) is 4.89. The molecule has 31 heavy (non-hydrogen) atoms. The van der Waals surface area contributed by atoms with Crippen molar-refractivity contribution in [3.05, 3.63) is 34.7 Å². The molecule has 12 heteroatoms. The Bertz CT molecular complexity index is 1000. The van der Waals surface area contributed by atoms with Crippen LogP contribution >= 0.6 is 11.3 Å². The molecule has 0 radical (unpaired) electrons. The number of piperazine rings is 1. The van der Waals surface area contributed by atoms with Crippen molar-refractivity contribution in [1.29, 1.82) is 0 Å². The smallest absolute Gasteiger partial charge is 0.335 e. The molecule has 2 saturated heterocycles. The van der Waals surface area contributed by atoms with Crippen LogP contribution in [-0.4, -0.2) is 78.0 Å². The number of carbonyl (C=O) groups is 2. The highest BCUT2D eigenvalue weighted by atomic mass is 32.1. The van der Waals surface area contributed by atoms with Gasteiger partial charge in [0, 0.05) is 50.0 Å². The summed E-state index contributed by atoms with van der Waals surface area (Å²) in [4.78, 5) is 28.6. The fourth-order valence-corrected chi connectivity index (χ4v) is 4.86. The molecule has 5 nitrogen and oxygen atoms in total. The summed E-state index contributed by atoms with van der Waals surface area (Å²) >= 11 is 1.00. The van der Waals surface area contributed by atoms with Gasteiger partial charge in [0.25, 0.3) is 5.91 Å². The largest absolute Gasteiger partial charge is 0.471 e. The molecule has 2 aliphatic heterocycles. The van der Waals surface area contributed by atoms with E-state index in [4.69, 9.17) is 0 Å². The Morgan fingerprint density at radius 2 is 1.55 bits per heavy atom. The molecule has 2 amide bonds. The number of amides is 2. The maximum Gasteiger partial charge on any atom is 0.471 e. The Hall–Kier alpha value is -2.34. The van der Waals surface area contributed by atoms with Crippen LogP contribution in [0.2, 0.25) is 0 Å². The number of rotatable bonds is 2. The van der Waals surface area contributed by atoms with Crippen LogP contribution in [0.1, 0.15) is 15.2 Å². The first-order valence-electron chi connectivity index (χ1n) is 9.44. The Morgan fingerprint density at radius 1 is 0.903 bits per heavy atom. The average Bonchev–Trinajstić information content (AvgIpc) is 3.08. The van der Waals surface area contributed by atoms with E-state index in [2.05, 4.69) is 0 Å². The highest BCUT2D eigenvalue weighted by molar-refractivity contribution is 7.20. The van der Waals surface area contributed by atoms with Crippen molar-refractivity contribution in [1.82, 2.24) is 14.7 Å². The van der Waals surface area contributed by atoms with Crippen LogP contribution < -0.4 is 0 Å². The fraction of sp³-hybridized carbons (Fsp3) is 0.474. The standard InChI is InChI=1S/C19H17F6N3O2S/c20-18(21,22)12-2-1-11-7-15(31-14(11)8-12)16(29)28-9-13(10-28)26-3-5-27(6-4-26)17(30)19(23,24)25/h1-2,7-8,13H,3-6,9-10H2. The monoisotopic (exact) mass is 465 g/mol. The Balaban J connectivity index is 1.33. The molecule has 0 atom stereocenters. The maximum absolute atomic E-state index is 12.9. The summed E-state index contributed by atoms with van der Waals surface area (Å²) in [6.45, 7) is 1.29. The molecule has 0 saturated carbocycles. The van der Waals surface area contributed by atoms with Crippen molar-refractivity contribution in [3.8, 4) is 0 Å². The van der Waals surface area contributed by atoms with Gasteiger partial charge in [0.2, 0.25) is 0 Å². The Labute approximate surface area is 176 Å². The summed E-state index contributed by atoms with van der Waals surface area (Å²) in [5.41, 5.74) is -0.770. The van der Waals surface area contributed by atoms with Crippen molar-refractivity contribution >= 4 is 33.2 Å². The maximum atomic E-state index is 12.9. The highest BCUT2D eigenvalue weighted by Crippen LogP contribution is 2.35. The van der Waals surface area contributed by atoms with Crippen LogP contribution in [-0.2, 0) is 11.0 Å². The van der Waals surface area contributed by atoms with Gasteiger partial charge in [-0.05, 0) is 23.6 Å². The molecule has 0 spiro atoms. The van der Waals surface area contributed by atoms with E-state index in [1.165, 1.54) is 6.07 Å². The van der Waals surface area contributed by atoms with Crippen molar-refractivity contribution < 1.29 is 35.9 Å². The lowest BCUT2D eigenvalue weighted by atomic mass is 10.1. The number of carbonyl (C=O) groups excluding carboxylic acids is 2. The minimum Gasteiger partial charge on any atom is -0.335 e. The Morgan fingerprint density at radius 3 is 2.13 bits per heavy atom. The van der Waals surface area contributed by atoms with Gasteiger partial charge in [0.05, 0.1) is 10.4 Å². The number of alkyl halides is 6. The zero-order chi connectivity index (χ0) is 22.6. The number of benzene rings is 1. The summed E-state index contributed by atoms with van der Waals surface area (Å²) < 4.78 is 76.5. The molecule has 168 valence electrons. The molecule has 3 heterocycles. The second-order valence-electron chi connectivity index (χ2n) is 7.55. The molecule has 4 rings (SSSR count). The molecular formula is C19H17F6N3O2S. The molecule has 2 aliphatic rings. The van der Waals surface area contributed by atoms with Crippen LogP contribution in [0.25, 0.3) is 10.1 Å². The van der Waals surface area contributed by atoms with Gasteiger partial charge in [0.1, 0.15) is 0 Å². The van der Waals surface area contributed by atoms with Crippen LogP contribution in [0.4, 0.5) is 26.3 Å². The van der Waals surface area contributed by atoms with Gasteiger partial charge in [-0.3, -0.25) is 14.5 Å². The molecule has 0 N–H and O–H groups in total. The van der Waals surface area contributed by atoms with E-state index in [1.807, 2.05) is 4.90 Å². The second kappa shape index (κ2) is 7.66. The second-order valence-corrected chi connectivity index (χ2v) is 8.63. The van der Waals surface area contributed by atoms with Crippen LogP contribution in [0.5, 0.6) is 0 Å². The predicted octanol–water partition coefficient (Wildman–Crippen LogP) is 3.45. The van der Waals surface area contributed by atoms with Crippen molar-refractivity contribution in [3.63, 3.8) is 0 Å². The predicted molar refractivity (Wildman–Crippen MR) is 101 cm³/mol. The van der Waals surface area contributed by atoms with Crippen molar-refractivity contribution in [2.24, 2.45) is 0 Å². The number of hydrogen-bond acceptors (Lipinski definition) is 4. The number of nitrogens with zero attached hydrogens (tertiary/aromatic N) is 3. The quantitative estimate of drug-likeness (QED) is 0.639. The number of halogens is 6. The first kappa shape index (κ1) is 21.9. The van der Waals surface area contributed by atoms with E-state index < -0.39 is 23.8 Å². The molecule has 0 aliphatic carbocycles. The minimum atomic E-state index is -4.88.